The predicted molar refractivity (Wildman–Crippen MR) is 73.1 cm³/mol. The van der Waals surface area contributed by atoms with E-state index < -0.39 is 0 Å². The summed E-state index contributed by atoms with van der Waals surface area (Å²) in [5.41, 5.74) is 0.668. The highest BCUT2D eigenvalue weighted by atomic mass is 35.5. The summed E-state index contributed by atoms with van der Waals surface area (Å²) in [6.45, 7) is 3.26. The lowest BCUT2D eigenvalue weighted by molar-refractivity contribution is 0.449. The molecule has 0 saturated carbocycles. The Hall–Kier alpha value is -1.65. The molecule has 1 aromatic carbocycles. The molecular formula is C14H14ClFN2O. The highest BCUT2D eigenvalue weighted by Gasteiger charge is 2.08. The first-order chi connectivity index (χ1) is 9.19. The number of benzene rings is 1. The predicted octanol–water partition coefficient (Wildman–Crippen LogP) is 3.78. The number of aromatic nitrogens is 1. The van der Waals surface area contributed by atoms with Crippen LogP contribution in [0.4, 0.5) is 4.39 Å². The van der Waals surface area contributed by atoms with Gasteiger partial charge in [0.05, 0.1) is 6.20 Å². The normalized spacial score (nSPS) is 10.5. The largest absolute Gasteiger partial charge is 0.439 e. The van der Waals surface area contributed by atoms with Crippen molar-refractivity contribution in [3.8, 4) is 11.6 Å². The highest BCUT2D eigenvalue weighted by molar-refractivity contribution is 6.30. The Morgan fingerprint density at radius 2 is 2.21 bits per heavy atom. The van der Waals surface area contributed by atoms with Crippen LogP contribution in [0.15, 0.2) is 36.5 Å². The smallest absolute Gasteiger partial charge is 0.223 e. The van der Waals surface area contributed by atoms with E-state index in [4.69, 9.17) is 16.3 Å². The van der Waals surface area contributed by atoms with E-state index in [1.807, 2.05) is 6.92 Å². The molecule has 1 aromatic heterocycles. The van der Waals surface area contributed by atoms with E-state index in [9.17, 15) is 4.39 Å². The van der Waals surface area contributed by atoms with Crippen molar-refractivity contribution in [2.45, 2.75) is 13.5 Å². The third-order valence-corrected chi connectivity index (χ3v) is 2.70. The van der Waals surface area contributed by atoms with Crippen LogP contribution in [-0.2, 0) is 6.54 Å². The molecule has 0 fully saturated rings. The lowest BCUT2D eigenvalue weighted by Crippen LogP contribution is -2.13. The van der Waals surface area contributed by atoms with Crippen molar-refractivity contribution >= 4 is 11.6 Å². The van der Waals surface area contributed by atoms with E-state index in [0.29, 0.717) is 28.8 Å². The molecule has 2 aromatic rings. The Kier molecular flexibility index (Phi) is 4.71. The third kappa shape index (κ3) is 3.91. The summed E-state index contributed by atoms with van der Waals surface area (Å²) in [5, 5.41) is 3.69. The molecule has 0 amide bonds. The summed E-state index contributed by atoms with van der Waals surface area (Å²) in [6, 6.07) is 8.41. The Balaban J connectivity index is 2.23. The lowest BCUT2D eigenvalue weighted by Gasteiger charge is -2.10. The van der Waals surface area contributed by atoms with Crippen LogP contribution in [0.2, 0.25) is 5.02 Å². The van der Waals surface area contributed by atoms with E-state index in [1.165, 1.54) is 6.07 Å². The number of pyridine rings is 1. The first kappa shape index (κ1) is 13.8. The molecule has 0 atom stereocenters. The molecule has 0 saturated heterocycles. The fourth-order valence-electron chi connectivity index (χ4n) is 1.59. The maximum absolute atomic E-state index is 13.2. The zero-order valence-electron chi connectivity index (χ0n) is 10.5. The van der Waals surface area contributed by atoms with Gasteiger partial charge in [-0.15, -0.1) is 0 Å². The van der Waals surface area contributed by atoms with Crippen LogP contribution >= 0.6 is 11.6 Å². The third-order valence-electron chi connectivity index (χ3n) is 2.47. The van der Waals surface area contributed by atoms with Crippen LogP contribution in [0.3, 0.4) is 0 Å². The maximum Gasteiger partial charge on any atom is 0.223 e. The van der Waals surface area contributed by atoms with E-state index in [2.05, 4.69) is 10.3 Å². The summed E-state index contributed by atoms with van der Waals surface area (Å²) in [7, 11) is 0. The van der Waals surface area contributed by atoms with Crippen molar-refractivity contribution in [2.24, 2.45) is 0 Å². The van der Waals surface area contributed by atoms with Gasteiger partial charge in [0.15, 0.2) is 0 Å². The van der Waals surface area contributed by atoms with Crippen molar-refractivity contribution in [3.63, 3.8) is 0 Å². The monoisotopic (exact) mass is 280 g/mol. The first-order valence-electron chi connectivity index (χ1n) is 5.97. The van der Waals surface area contributed by atoms with Gasteiger partial charge in [-0.25, -0.2) is 9.37 Å². The van der Waals surface area contributed by atoms with Crippen LogP contribution < -0.4 is 10.1 Å². The SMILES string of the molecule is CCNCc1cc(F)cnc1Oc1cccc(Cl)c1. The van der Waals surface area contributed by atoms with Crippen molar-refractivity contribution in [1.82, 2.24) is 10.3 Å². The first-order valence-corrected chi connectivity index (χ1v) is 6.35. The quantitative estimate of drug-likeness (QED) is 0.905. The van der Waals surface area contributed by atoms with Gasteiger partial charge in [-0.1, -0.05) is 24.6 Å². The topological polar surface area (TPSA) is 34.2 Å². The highest BCUT2D eigenvalue weighted by Crippen LogP contribution is 2.25. The van der Waals surface area contributed by atoms with Gasteiger partial charge < -0.3 is 10.1 Å². The minimum atomic E-state index is -0.383. The van der Waals surface area contributed by atoms with Crippen molar-refractivity contribution in [1.29, 1.82) is 0 Å². The molecule has 1 heterocycles. The van der Waals surface area contributed by atoms with Crippen LogP contribution in [0.25, 0.3) is 0 Å². The number of hydrogen-bond acceptors (Lipinski definition) is 3. The minimum absolute atomic E-state index is 0.379. The molecule has 1 N–H and O–H groups in total. The Labute approximate surface area is 116 Å². The summed E-state index contributed by atoms with van der Waals surface area (Å²) >= 11 is 5.89. The molecule has 0 radical (unpaired) electrons. The van der Waals surface area contributed by atoms with Gasteiger partial charge in [0.25, 0.3) is 0 Å². The second-order valence-corrected chi connectivity index (χ2v) is 4.39. The molecule has 3 nitrogen and oxygen atoms in total. The Morgan fingerprint density at radius 1 is 1.37 bits per heavy atom. The van der Waals surface area contributed by atoms with Gasteiger partial charge >= 0.3 is 0 Å². The number of ether oxygens (including phenoxy) is 1. The zero-order chi connectivity index (χ0) is 13.7. The summed E-state index contributed by atoms with van der Waals surface area (Å²) in [5.74, 6) is 0.570. The number of hydrogen-bond donors (Lipinski definition) is 1. The molecule has 0 aliphatic rings. The Bertz CT molecular complexity index is 563. The van der Waals surface area contributed by atoms with E-state index in [0.717, 1.165) is 12.7 Å². The second kappa shape index (κ2) is 6.50. The van der Waals surface area contributed by atoms with Gasteiger partial charge in [0.1, 0.15) is 11.6 Å². The molecule has 0 unspecified atom stereocenters. The number of rotatable bonds is 5. The van der Waals surface area contributed by atoms with Crippen molar-refractivity contribution in [2.75, 3.05) is 6.54 Å². The molecule has 19 heavy (non-hydrogen) atoms. The fraction of sp³-hybridized carbons (Fsp3) is 0.214. The average Bonchev–Trinajstić information content (AvgIpc) is 2.39. The van der Waals surface area contributed by atoms with Crippen molar-refractivity contribution < 1.29 is 9.13 Å². The second-order valence-electron chi connectivity index (χ2n) is 3.96. The molecule has 0 spiro atoms. The number of nitrogens with one attached hydrogen (secondary N) is 1. The van der Waals surface area contributed by atoms with Crippen molar-refractivity contribution in [3.05, 3.63) is 52.9 Å². The van der Waals surface area contributed by atoms with Gasteiger partial charge in [-0.2, -0.15) is 0 Å². The zero-order valence-corrected chi connectivity index (χ0v) is 11.2. The van der Waals surface area contributed by atoms with Crippen LogP contribution in [0.5, 0.6) is 11.6 Å². The molecule has 100 valence electrons. The standard InChI is InChI=1S/C14H14ClFN2O/c1-2-17-8-10-6-12(16)9-18-14(10)19-13-5-3-4-11(15)7-13/h3-7,9,17H,2,8H2,1H3. The van der Waals surface area contributed by atoms with Gasteiger partial charge in [0.2, 0.25) is 5.88 Å². The van der Waals surface area contributed by atoms with Crippen LogP contribution in [0, 0.1) is 5.82 Å². The Morgan fingerprint density at radius 3 is 2.95 bits per heavy atom. The van der Waals surface area contributed by atoms with Crippen LogP contribution in [-0.4, -0.2) is 11.5 Å². The van der Waals surface area contributed by atoms with Gasteiger partial charge in [0, 0.05) is 17.1 Å². The minimum Gasteiger partial charge on any atom is -0.439 e. The van der Waals surface area contributed by atoms with Gasteiger partial charge in [-0.05, 0) is 30.8 Å². The van der Waals surface area contributed by atoms with E-state index in [-0.39, 0.29) is 5.82 Å². The molecule has 0 aliphatic heterocycles. The molecular weight excluding hydrogens is 267 g/mol. The van der Waals surface area contributed by atoms with E-state index >= 15 is 0 Å². The number of halogens is 2. The summed E-state index contributed by atoms with van der Waals surface area (Å²) in [6.07, 6.45) is 1.13. The molecule has 2 rings (SSSR count). The summed E-state index contributed by atoms with van der Waals surface area (Å²) in [4.78, 5) is 3.98. The molecule has 5 heteroatoms. The molecule has 0 aliphatic carbocycles. The van der Waals surface area contributed by atoms with Crippen LogP contribution in [0.1, 0.15) is 12.5 Å². The average molecular weight is 281 g/mol. The molecule has 0 bridgehead atoms. The lowest BCUT2D eigenvalue weighted by atomic mass is 10.2. The fourth-order valence-corrected chi connectivity index (χ4v) is 1.77. The number of nitrogens with zero attached hydrogens (tertiary/aromatic N) is 1. The summed E-state index contributed by atoms with van der Waals surface area (Å²) < 4.78 is 18.9. The van der Waals surface area contributed by atoms with Gasteiger partial charge in [-0.3, -0.25) is 0 Å². The van der Waals surface area contributed by atoms with E-state index in [1.54, 1.807) is 24.3 Å². The maximum atomic E-state index is 13.2.